The Labute approximate surface area is 155 Å². The molecule has 1 amide bonds. The Morgan fingerprint density at radius 3 is 2.85 bits per heavy atom. The van der Waals surface area contributed by atoms with E-state index in [1.165, 1.54) is 19.2 Å². The van der Waals surface area contributed by atoms with Crippen molar-refractivity contribution in [2.45, 2.75) is 31.8 Å². The Morgan fingerprint density at radius 2 is 2.11 bits per heavy atom. The first kappa shape index (κ1) is 16.0. The van der Waals surface area contributed by atoms with E-state index in [1.807, 2.05) is 13.0 Å². The summed E-state index contributed by atoms with van der Waals surface area (Å²) in [7, 11) is 0. The minimum atomic E-state index is -0.774. The lowest BCUT2D eigenvalue weighted by atomic mass is 9.99. The van der Waals surface area contributed by atoms with Gasteiger partial charge in [0.1, 0.15) is 35.0 Å². The predicted octanol–water partition coefficient (Wildman–Crippen LogP) is 1.65. The molecule has 27 heavy (non-hydrogen) atoms. The van der Waals surface area contributed by atoms with Gasteiger partial charge in [0.05, 0.1) is 0 Å². The zero-order valence-corrected chi connectivity index (χ0v) is 14.9. The maximum atomic E-state index is 13.3. The van der Waals surface area contributed by atoms with Crippen LogP contribution in [-0.2, 0) is 5.66 Å². The first-order valence-electron chi connectivity index (χ1n) is 9.10. The third-order valence-corrected chi connectivity index (χ3v) is 5.68. The molecule has 138 valence electrons. The number of rotatable bonds is 3. The van der Waals surface area contributed by atoms with Crippen molar-refractivity contribution in [3.8, 4) is 0 Å². The summed E-state index contributed by atoms with van der Waals surface area (Å²) in [6, 6.07) is 3.24. The number of aryl methyl sites for hydroxylation is 1. The van der Waals surface area contributed by atoms with Crippen LogP contribution in [0.1, 0.15) is 35.3 Å². The first-order chi connectivity index (χ1) is 13.0. The number of hydrogen-bond acceptors (Lipinski definition) is 6. The van der Waals surface area contributed by atoms with Gasteiger partial charge in [-0.1, -0.05) is 6.08 Å². The Kier molecular flexibility index (Phi) is 3.22. The van der Waals surface area contributed by atoms with E-state index in [9.17, 15) is 9.59 Å². The molecule has 2 unspecified atom stereocenters. The average molecular weight is 364 g/mol. The molecule has 2 atom stereocenters. The molecular weight excluding hydrogens is 344 g/mol. The van der Waals surface area contributed by atoms with Crippen LogP contribution in [0.25, 0.3) is 0 Å². The molecular formula is C19H20N6O2. The summed E-state index contributed by atoms with van der Waals surface area (Å²) in [5.41, 5.74) is 6.18. The van der Waals surface area contributed by atoms with E-state index < -0.39 is 5.66 Å². The smallest absolute Gasteiger partial charge is 0.277 e. The Bertz CT molecular complexity index is 1050. The van der Waals surface area contributed by atoms with E-state index in [1.54, 1.807) is 16.7 Å². The van der Waals surface area contributed by atoms with E-state index in [4.69, 9.17) is 5.73 Å². The lowest BCUT2D eigenvalue weighted by molar-refractivity contribution is 0.0933. The SMILES string of the molecule is Cc1cc(Nc2cc(N)ncn2)c(=O)n2c1C(=O)NC21C=CC(C2CC2)C1. The van der Waals surface area contributed by atoms with Crippen LogP contribution < -0.4 is 21.9 Å². The quantitative estimate of drug-likeness (QED) is 0.714. The fraction of sp³-hybridized carbons (Fsp3) is 0.368. The number of nitrogen functional groups attached to an aromatic ring is 1. The van der Waals surface area contributed by atoms with Crippen molar-refractivity contribution in [1.82, 2.24) is 19.9 Å². The number of carbonyl (C=O) groups is 1. The number of fused-ring (bicyclic) bond motifs is 2. The summed E-state index contributed by atoms with van der Waals surface area (Å²) >= 11 is 0. The van der Waals surface area contributed by atoms with Crippen LogP contribution in [0.15, 0.2) is 35.4 Å². The summed E-state index contributed by atoms with van der Waals surface area (Å²) < 4.78 is 1.61. The van der Waals surface area contributed by atoms with E-state index in [0.29, 0.717) is 34.9 Å². The number of nitrogens with zero attached hydrogens (tertiary/aromatic N) is 3. The van der Waals surface area contributed by atoms with Gasteiger partial charge in [-0.05, 0) is 49.3 Å². The predicted molar refractivity (Wildman–Crippen MR) is 101 cm³/mol. The zero-order chi connectivity index (χ0) is 18.8. The number of amides is 1. The molecule has 3 aliphatic rings. The first-order valence-corrected chi connectivity index (χ1v) is 9.10. The van der Waals surface area contributed by atoms with Crippen molar-refractivity contribution in [1.29, 1.82) is 0 Å². The minimum Gasteiger partial charge on any atom is -0.384 e. The van der Waals surface area contributed by atoms with Crippen molar-refractivity contribution >= 4 is 23.2 Å². The molecule has 1 saturated carbocycles. The number of carbonyl (C=O) groups excluding carboxylic acids is 1. The number of pyridine rings is 1. The number of allylic oxidation sites excluding steroid dienone is 1. The van der Waals surface area contributed by atoms with Crippen LogP contribution in [0, 0.1) is 18.8 Å². The second-order valence-corrected chi connectivity index (χ2v) is 7.63. The van der Waals surface area contributed by atoms with Gasteiger partial charge in [-0.2, -0.15) is 0 Å². The van der Waals surface area contributed by atoms with Gasteiger partial charge in [-0.15, -0.1) is 0 Å². The normalized spacial score (nSPS) is 25.7. The molecule has 1 fully saturated rings. The van der Waals surface area contributed by atoms with Crippen LogP contribution >= 0.6 is 0 Å². The molecule has 1 aliphatic heterocycles. The highest BCUT2D eigenvalue weighted by Crippen LogP contribution is 2.47. The molecule has 0 saturated heterocycles. The van der Waals surface area contributed by atoms with E-state index in [-0.39, 0.29) is 11.5 Å². The monoisotopic (exact) mass is 364 g/mol. The highest BCUT2D eigenvalue weighted by atomic mass is 16.2. The highest BCUT2D eigenvalue weighted by molar-refractivity contribution is 5.97. The maximum Gasteiger partial charge on any atom is 0.277 e. The van der Waals surface area contributed by atoms with Gasteiger partial charge in [-0.3, -0.25) is 14.2 Å². The molecule has 2 aliphatic carbocycles. The van der Waals surface area contributed by atoms with Crippen molar-refractivity contribution in [3.63, 3.8) is 0 Å². The number of nitrogens with one attached hydrogen (secondary N) is 2. The fourth-order valence-corrected chi connectivity index (χ4v) is 4.27. The van der Waals surface area contributed by atoms with E-state index in [2.05, 4.69) is 26.7 Å². The van der Waals surface area contributed by atoms with Crippen LogP contribution in [0.5, 0.6) is 0 Å². The topological polar surface area (TPSA) is 115 Å². The van der Waals surface area contributed by atoms with Gasteiger partial charge < -0.3 is 16.4 Å². The van der Waals surface area contributed by atoms with Gasteiger partial charge in [0, 0.05) is 12.5 Å². The van der Waals surface area contributed by atoms with Crippen LogP contribution in [0.4, 0.5) is 17.3 Å². The van der Waals surface area contributed by atoms with Crippen molar-refractivity contribution in [2.75, 3.05) is 11.1 Å². The lowest BCUT2D eigenvalue weighted by Gasteiger charge is -2.27. The molecule has 2 aromatic rings. The van der Waals surface area contributed by atoms with Gasteiger partial charge in [0.15, 0.2) is 0 Å². The number of aromatic nitrogens is 3. The Morgan fingerprint density at radius 1 is 1.30 bits per heavy atom. The molecule has 0 aromatic carbocycles. The van der Waals surface area contributed by atoms with Gasteiger partial charge in [0.25, 0.3) is 11.5 Å². The molecule has 4 N–H and O–H groups in total. The highest BCUT2D eigenvalue weighted by Gasteiger charge is 2.49. The number of nitrogens with two attached hydrogens (primary N) is 1. The fourth-order valence-electron chi connectivity index (χ4n) is 4.27. The summed E-state index contributed by atoms with van der Waals surface area (Å²) in [5, 5.41) is 6.08. The second kappa shape index (κ2) is 5.42. The van der Waals surface area contributed by atoms with Gasteiger partial charge in [0.2, 0.25) is 0 Å². The second-order valence-electron chi connectivity index (χ2n) is 7.63. The molecule has 3 heterocycles. The van der Waals surface area contributed by atoms with Crippen LogP contribution in [0.3, 0.4) is 0 Å². The van der Waals surface area contributed by atoms with Crippen LogP contribution in [-0.4, -0.2) is 20.4 Å². The summed E-state index contributed by atoms with van der Waals surface area (Å²) in [6.45, 7) is 1.83. The molecule has 2 aromatic heterocycles. The van der Waals surface area contributed by atoms with Gasteiger partial charge in [-0.25, -0.2) is 9.97 Å². The standard InChI is InChI=1S/C19H20N6O2/c1-10-6-13(23-15-7-14(20)21-9-22-15)18(27)25-16(10)17(26)24-19(25)5-4-12(8-19)11-2-3-11/h4-7,9,11-12H,2-3,8H2,1H3,(H,24,26)(H3,20,21,22,23). The van der Waals surface area contributed by atoms with Crippen molar-refractivity contribution in [3.05, 3.63) is 52.2 Å². The van der Waals surface area contributed by atoms with Crippen molar-refractivity contribution in [2.24, 2.45) is 11.8 Å². The Balaban J connectivity index is 1.60. The lowest BCUT2D eigenvalue weighted by Crippen LogP contribution is -2.45. The molecule has 0 radical (unpaired) electrons. The molecule has 5 rings (SSSR count). The van der Waals surface area contributed by atoms with Crippen LogP contribution in [0.2, 0.25) is 0 Å². The summed E-state index contributed by atoms with van der Waals surface area (Å²) in [5.74, 6) is 1.61. The number of hydrogen-bond donors (Lipinski definition) is 3. The van der Waals surface area contributed by atoms with E-state index >= 15 is 0 Å². The number of anilines is 3. The molecule has 8 heteroatoms. The third kappa shape index (κ3) is 2.43. The minimum absolute atomic E-state index is 0.205. The van der Waals surface area contributed by atoms with Gasteiger partial charge >= 0.3 is 0 Å². The zero-order valence-electron chi connectivity index (χ0n) is 14.9. The summed E-state index contributed by atoms with van der Waals surface area (Å²) in [6.07, 6.45) is 8.63. The molecule has 8 nitrogen and oxygen atoms in total. The maximum absolute atomic E-state index is 13.3. The molecule has 1 spiro atoms. The van der Waals surface area contributed by atoms with E-state index in [0.717, 1.165) is 12.0 Å². The van der Waals surface area contributed by atoms with Crippen molar-refractivity contribution < 1.29 is 4.79 Å². The third-order valence-electron chi connectivity index (χ3n) is 5.68. The largest absolute Gasteiger partial charge is 0.384 e. The Hall–Kier alpha value is -3.16. The molecule has 0 bridgehead atoms. The summed E-state index contributed by atoms with van der Waals surface area (Å²) in [4.78, 5) is 33.9. The average Bonchev–Trinajstić information content (AvgIpc) is 3.32.